The van der Waals surface area contributed by atoms with Crippen LogP contribution in [0.25, 0.3) is 6.08 Å². The Morgan fingerprint density at radius 3 is 2.68 bits per heavy atom. The van der Waals surface area contributed by atoms with Crippen LogP contribution >= 0.6 is 0 Å². The minimum atomic E-state index is -0.324. The predicted molar refractivity (Wildman–Crippen MR) is 110 cm³/mol. The lowest BCUT2D eigenvalue weighted by molar-refractivity contribution is -0.137. The molecule has 146 valence electrons. The molecule has 1 atom stereocenters. The van der Waals surface area contributed by atoms with Crippen molar-refractivity contribution in [3.63, 3.8) is 0 Å². The standard InChI is InChI=1S/C24H27NO3/c1-2-28-24(27)15-13-21-10-6-7-11-22(21)16-20-12-14-23(26)25(18-20)17-19-8-4-3-5-9-19/h3-11,13,15,20H,2,12,14,16-18H2,1H3/b15-13+. The predicted octanol–water partition coefficient (Wildman–Crippen LogP) is 4.24. The number of carbonyl (C=O) groups excluding carboxylic acids is 2. The molecule has 1 amide bonds. The second kappa shape index (κ2) is 9.88. The minimum absolute atomic E-state index is 0.232. The molecular weight excluding hydrogens is 350 g/mol. The number of ether oxygens (including phenoxy) is 1. The van der Waals surface area contributed by atoms with Crippen molar-refractivity contribution in [3.05, 3.63) is 77.4 Å². The normalized spacial score (nSPS) is 17.1. The van der Waals surface area contributed by atoms with E-state index in [0.717, 1.165) is 30.5 Å². The highest BCUT2D eigenvalue weighted by Crippen LogP contribution is 2.25. The van der Waals surface area contributed by atoms with Gasteiger partial charge >= 0.3 is 5.97 Å². The lowest BCUT2D eigenvalue weighted by Crippen LogP contribution is -2.40. The molecule has 0 spiro atoms. The van der Waals surface area contributed by atoms with Crippen LogP contribution in [0.5, 0.6) is 0 Å². The monoisotopic (exact) mass is 377 g/mol. The number of nitrogens with zero attached hydrogens (tertiary/aromatic N) is 1. The van der Waals surface area contributed by atoms with E-state index < -0.39 is 0 Å². The Morgan fingerprint density at radius 2 is 1.89 bits per heavy atom. The van der Waals surface area contributed by atoms with E-state index in [1.54, 1.807) is 6.92 Å². The van der Waals surface area contributed by atoms with E-state index in [0.29, 0.717) is 25.5 Å². The SMILES string of the molecule is CCOC(=O)/C=C/c1ccccc1CC1CCC(=O)N(Cc2ccccc2)C1. The van der Waals surface area contributed by atoms with Gasteiger partial charge in [0.15, 0.2) is 0 Å². The first-order chi connectivity index (χ1) is 13.7. The van der Waals surface area contributed by atoms with Crippen LogP contribution in [0.4, 0.5) is 0 Å². The first kappa shape index (κ1) is 19.9. The number of hydrogen-bond donors (Lipinski definition) is 0. The van der Waals surface area contributed by atoms with E-state index in [1.165, 1.54) is 11.6 Å². The van der Waals surface area contributed by atoms with Gasteiger partial charge < -0.3 is 9.64 Å². The van der Waals surface area contributed by atoms with Gasteiger partial charge in [0.1, 0.15) is 0 Å². The van der Waals surface area contributed by atoms with Crippen LogP contribution in [0.2, 0.25) is 0 Å². The molecule has 2 aromatic rings. The summed E-state index contributed by atoms with van der Waals surface area (Å²) in [5, 5.41) is 0. The van der Waals surface area contributed by atoms with Crippen LogP contribution in [0.1, 0.15) is 36.5 Å². The molecule has 0 radical (unpaired) electrons. The van der Waals surface area contributed by atoms with Crippen LogP contribution in [0, 0.1) is 5.92 Å². The topological polar surface area (TPSA) is 46.6 Å². The van der Waals surface area contributed by atoms with Gasteiger partial charge in [-0.3, -0.25) is 4.79 Å². The highest BCUT2D eigenvalue weighted by atomic mass is 16.5. The van der Waals surface area contributed by atoms with Crippen molar-refractivity contribution in [2.75, 3.05) is 13.2 Å². The maximum Gasteiger partial charge on any atom is 0.330 e. The zero-order valence-electron chi connectivity index (χ0n) is 16.3. The van der Waals surface area contributed by atoms with Gasteiger partial charge in [-0.05, 0) is 48.4 Å². The number of hydrogen-bond acceptors (Lipinski definition) is 3. The fraction of sp³-hybridized carbons (Fsp3) is 0.333. The first-order valence-electron chi connectivity index (χ1n) is 9.90. The van der Waals surface area contributed by atoms with Crippen LogP contribution in [0.3, 0.4) is 0 Å². The third-order valence-corrected chi connectivity index (χ3v) is 5.06. The molecule has 1 aliphatic heterocycles. The van der Waals surface area contributed by atoms with Crippen molar-refractivity contribution in [2.45, 2.75) is 32.7 Å². The molecule has 28 heavy (non-hydrogen) atoms. The maximum atomic E-state index is 12.4. The molecule has 2 aromatic carbocycles. The lowest BCUT2D eigenvalue weighted by Gasteiger charge is -2.33. The summed E-state index contributed by atoms with van der Waals surface area (Å²) in [5.41, 5.74) is 3.39. The summed E-state index contributed by atoms with van der Waals surface area (Å²) < 4.78 is 4.97. The summed E-state index contributed by atoms with van der Waals surface area (Å²) in [6.45, 7) is 3.60. The summed E-state index contributed by atoms with van der Waals surface area (Å²) >= 11 is 0. The molecule has 0 bridgehead atoms. The molecule has 4 nitrogen and oxygen atoms in total. The Balaban J connectivity index is 1.66. The van der Waals surface area contributed by atoms with Crippen LogP contribution in [-0.2, 0) is 27.3 Å². The fourth-order valence-electron chi connectivity index (χ4n) is 3.66. The Labute approximate surface area is 166 Å². The largest absolute Gasteiger partial charge is 0.463 e. The highest BCUT2D eigenvalue weighted by Gasteiger charge is 2.26. The molecule has 1 heterocycles. The van der Waals surface area contributed by atoms with E-state index >= 15 is 0 Å². The van der Waals surface area contributed by atoms with Gasteiger partial charge in [0.05, 0.1) is 6.61 Å². The van der Waals surface area contributed by atoms with E-state index in [2.05, 4.69) is 18.2 Å². The summed E-state index contributed by atoms with van der Waals surface area (Å²) in [4.78, 5) is 26.0. The highest BCUT2D eigenvalue weighted by molar-refractivity contribution is 5.87. The van der Waals surface area contributed by atoms with Crippen molar-refractivity contribution in [1.82, 2.24) is 4.90 Å². The molecular formula is C24H27NO3. The van der Waals surface area contributed by atoms with Crippen molar-refractivity contribution in [3.8, 4) is 0 Å². The van der Waals surface area contributed by atoms with Crippen molar-refractivity contribution in [2.24, 2.45) is 5.92 Å². The molecule has 1 saturated heterocycles. The van der Waals surface area contributed by atoms with Gasteiger partial charge in [0.25, 0.3) is 0 Å². The molecule has 0 saturated carbocycles. The maximum absolute atomic E-state index is 12.4. The van der Waals surface area contributed by atoms with E-state index in [1.807, 2.05) is 47.4 Å². The summed E-state index contributed by atoms with van der Waals surface area (Å²) in [7, 11) is 0. The summed E-state index contributed by atoms with van der Waals surface area (Å²) in [6, 6.07) is 18.2. The number of esters is 1. The molecule has 3 rings (SSSR count). The molecule has 4 heteroatoms. The Kier molecular flexibility index (Phi) is 7.01. The number of amides is 1. The van der Waals surface area contributed by atoms with Crippen molar-refractivity contribution in [1.29, 1.82) is 0 Å². The van der Waals surface area contributed by atoms with Crippen LogP contribution < -0.4 is 0 Å². The molecule has 0 aromatic heterocycles. The van der Waals surface area contributed by atoms with Crippen molar-refractivity contribution < 1.29 is 14.3 Å². The van der Waals surface area contributed by atoms with Crippen molar-refractivity contribution >= 4 is 18.0 Å². The van der Waals surface area contributed by atoms with Gasteiger partial charge in [-0.25, -0.2) is 4.79 Å². The number of carbonyl (C=O) groups is 2. The summed E-state index contributed by atoms with van der Waals surface area (Å²) in [5.74, 6) is 0.323. The fourth-order valence-corrected chi connectivity index (χ4v) is 3.66. The smallest absolute Gasteiger partial charge is 0.330 e. The number of likely N-dealkylation sites (tertiary alicyclic amines) is 1. The van der Waals surface area contributed by atoms with Gasteiger partial charge in [-0.2, -0.15) is 0 Å². The van der Waals surface area contributed by atoms with E-state index in [9.17, 15) is 9.59 Å². The number of benzene rings is 2. The zero-order chi connectivity index (χ0) is 19.8. The van der Waals surface area contributed by atoms with E-state index in [-0.39, 0.29) is 11.9 Å². The average molecular weight is 377 g/mol. The second-order valence-corrected chi connectivity index (χ2v) is 7.15. The van der Waals surface area contributed by atoms with Gasteiger partial charge in [-0.1, -0.05) is 54.6 Å². The first-order valence-corrected chi connectivity index (χ1v) is 9.90. The van der Waals surface area contributed by atoms with Gasteiger partial charge in [0, 0.05) is 25.6 Å². The molecule has 1 aliphatic rings. The summed E-state index contributed by atoms with van der Waals surface area (Å²) in [6.07, 6.45) is 5.69. The third kappa shape index (κ3) is 5.56. The van der Waals surface area contributed by atoms with Crippen LogP contribution in [-0.4, -0.2) is 29.9 Å². The Hall–Kier alpha value is -2.88. The van der Waals surface area contributed by atoms with Gasteiger partial charge in [0.2, 0.25) is 5.91 Å². The number of rotatable bonds is 7. The third-order valence-electron chi connectivity index (χ3n) is 5.06. The molecule has 1 unspecified atom stereocenters. The molecule has 1 fully saturated rings. The van der Waals surface area contributed by atoms with Gasteiger partial charge in [-0.15, -0.1) is 0 Å². The molecule has 0 N–H and O–H groups in total. The Morgan fingerprint density at radius 1 is 1.14 bits per heavy atom. The Bertz CT molecular complexity index is 829. The quantitative estimate of drug-likeness (QED) is 0.535. The number of piperidine rings is 1. The average Bonchev–Trinajstić information content (AvgIpc) is 2.71. The second-order valence-electron chi connectivity index (χ2n) is 7.15. The zero-order valence-corrected chi connectivity index (χ0v) is 16.3. The molecule has 0 aliphatic carbocycles. The minimum Gasteiger partial charge on any atom is -0.463 e. The van der Waals surface area contributed by atoms with E-state index in [4.69, 9.17) is 4.74 Å². The lowest BCUT2D eigenvalue weighted by atomic mass is 9.89. The van der Waals surface area contributed by atoms with Crippen LogP contribution in [0.15, 0.2) is 60.7 Å².